The standard InChI is InChI=1S/C15H16N4/c1-16-14(12-5-4-8-17-9-12)10-19-11-18-13-6-2-3-7-15(13)19/h2-9,11,14,16H,10H2,1H3. The molecular formula is C15H16N4. The maximum atomic E-state index is 4.42. The summed E-state index contributed by atoms with van der Waals surface area (Å²) >= 11 is 0. The molecule has 0 bridgehead atoms. The van der Waals surface area contributed by atoms with Gasteiger partial charge in [-0.15, -0.1) is 0 Å². The molecule has 4 nitrogen and oxygen atoms in total. The van der Waals surface area contributed by atoms with Gasteiger partial charge in [0, 0.05) is 18.9 Å². The van der Waals surface area contributed by atoms with Crippen molar-refractivity contribution < 1.29 is 0 Å². The first-order valence-corrected chi connectivity index (χ1v) is 6.35. The molecule has 0 spiro atoms. The van der Waals surface area contributed by atoms with Crippen molar-refractivity contribution >= 4 is 11.0 Å². The summed E-state index contributed by atoms with van der Waals surface area (Å²) in [4.78, 5) is 8.60. The van der Waals surface area contributed by atoms with Crippen LogP contribution >= 0.6 is 0 Å². The molecule has 3 rings (SSSR count). The minimum absolute atomic E-state index is 0.228. The van der Waals surface area contributed by atoms with Gasteiger partial charge in [-0.3, -0.25) is 4.98 Å². The van der Waals surface area contributed by atoms with Crippen molar-refractivity contribution in [3.05, 3.63) is 60.7 Å². The summed E-state index contributed by atoms with van der Waals surface area (Å²) < 4.78 is 2.17. The van der Waals surface area contributed by atoms with Crippen molar-refractivity contribution in [1.82, 2.24) is 19.9 Å². The average molecular weight is 252 g/mol. The molecule has 1 N–H and O–H groups in total. The van der Waals surface area contributed by atoms with Crippen molar-refractivity contribution in [3.8, 4) is 0 Å². The van der Waals surface area contributed by atoms with Gasteiger partial charge in [-0.2, -0.15) is 0 Å². The second-order valence-electron chi connectivity index (χ2n) is 4.51. The van der Waals surface area contributed by atoms with Crippen molar-refractivity contribution in [2.75, 3.05) is 7.05 Å². The lowest BCUT2D eigenvalue weighted by Crippen LogP contribution is -2.21. The van der Waals surface area contributed by atoms with Gasteiger partial charge in [0.25, 0.3) is 0 Å². The molecule has 0 saturated carbocycles. The molecule has 3 aromatic rings. The molecule has 96 valence electrons. The van der Waals surface area contributed by atoms with E-state index >= 15 is 0 Å². The van der Waals surface area contributed by atoms with Crippen LogP contribution in [0.3, 0.4) is 0 Å². The van der Waals surface area contributed by atoms with E-state index in [0.29, 0.717) is 0 Å². The van der Waals surface area contributed by atoms with E-state index in [0.717, 1.165) is 17.6 Å². The molecule has 0 fully saturated rings. The Morgan fingerprint density at radius 1 is 1.21 bits per heavy atom. The summed E-state index contributed by atoms with van der Waals surface area (Å²) in [7, 11) is 1.97. The summed E-state index contributed by atoms with van der Waals surface area (Å²) in [5.41, 5.74) is 3.37. The van der Waals surface area contributed by atoms with Crippen LogP contribution in [0.5, 0.6) is 0 Å². The molecular weight excluding hydrogens is 236 g/mol. The molecule has 1 aromatic carbocycles. The van der Waals surface area contributed by atoms with Gasteiger partial charge in [0.1, 0.15) is 0 Å². The third kappa shape index (κ3) is 2.35. The molecule has 2 aromatic heterocycles. The van der Waals surface area contributed by atoms with Crippen LogP contribution in [0, 0.1) is 0 Å². The number of fused-ring (bicyclic) bond motifs is 1. The molecule has 1 atom stereocenters. The Labute approximate surface area is 112 Å². The third-order valence-electron chi connectivity index (χ3n) is 3.34. The highest BCUT2D eigenvalue weighted by Gasteiger charge is 2.11. The highest BCUT2D eigenvalue weighted by Crippen LogP contribution is 2.18. The molecule has 4 heteroatoms. The minimum atomic E-state index is 0.228. The Morgan fingerprint density at radius 2 is 2.11 bits per heavy atom. The molecule has 0 radical (unpaired) electrons. The highest BCUT2D eigenvalue weighted by atomic mass is 15.1. The van der Waals surface area contributed by atoms with E-state index in [4.69, 9.17) is 0 Å². The monoisotopic (exact) mass is 252 g/mol. The summed E-state index contributed by atoms with van der Waals surface area (Å²) in [6, 6.07) is 12.5. The molecule has 1 unspecified atom stereocenters. The van der Waals surface area contributed by atoms with Crippen LogP contribution in [0.2, 0.25) is 0 Å². The lowest BCUT2D eigenvalue weighted by molar-refractivity contribution is 0.507. The Balaban J connectivity index is 1.91. The number of imidazole rings is 1. The maximum Gasteiger partial charge on any atom is 0.0958 e. The number of pyridine rings is 1. The first kappa shape index (κ1) is 11.9. The zero-order valence-electron chi connectivity index (χ0n) is 10.8. The number of benzene rings is 1. The summed E-state index contributed by atoms with van der Waals surface area (Å²) in [6.45, 7) is 0.836. The predicted molar refractivity (Wildman–Crippen MR) is 75.8 cm³/mol. The van der Waals surface area contributed by atoms with E-state index in [9.17, 15) is 0 Å². The topological polar surface area (TPSA) is 42.7 Å². The zero-order valence-corrected chi connectivity index (χ0v) is 10.8. The smallest absolute Gasteiger partial charge is 0.0958 e. The van der Waals surface area contributed by atoms with Gasteiger partial charge < -0.3 is 9.88 Å². The Hall–Kier alpha value is -2.20. The third-order valence-corrected chi connectivity index (χ3v) is 3.34. The zero-order chi connectivity index (χ0) is 13.1. The first-order chi connectivity index (χ1) is 9.38. The molecule has 0 aliphatic carbocycles. The summed E-state index contributed by atoms with van der Waals surface area (Å²) in [6.07, 6.45) is 5.59. The minimum Gasteiger partial charge on any atom is -0.329 e. The van der Waals surface area contributed by atoms with Gasteiger partial charge in [-0.1, -0.05) is 18.2 Å². The molecule has 0 aliphatic heterocycles. The van der Waals surface area contributed by atoms with Crippen LogP contribution in [0.15, 0.2) is 55.1 Å². The van der Waals surface area contributed by atoms with E-state index in [1.807, 2.05) is 43.8 Å². The summed E-state index contributed by atoms with van der Waals surface area (Å²) in [5, 5.41) is 3.33. The second-order valence-corrected chi connectivity index (χ2v) is 4.51. The van der Waals surface area contributed by atoms with Crippen molar-refractivity contribution in [2.45, 2.75) is 12.6 Å². The van der Waals surface area contributed by atoms with Gasteiger partial charge in [-0.05, 0) is 30.8 Å². The Morgan fingerprint density at radius 3 is 2.89 bits per heavy atom. The van der Waals surface area contributed by atoms with Gasteiger partial charge in [0.05, 0.1) is 23.4 Å². The number of para-hydroxylation sites is 2. The SMILES string of the molecule is CNC(Cn1cnc2ccccc21)c1cccnc1. The quantitative estimate of drug-likeness (QED) is 0.775. The number of hydrogen-bond acceptors (Lipinski definition) is 3. The second kappa shape index (κ2) is 5.20. The van der Waals surface area contributed by atoms with Crippen molar-refractivity contribution in [3.63, 3.8) is 0 Å². The summed E-state index contributed by atoms with van der Waals surface area (Å²) in [5.74, 6) is 0. The van der Waals surface area contributed by atoms with E-state index in [1.165, 1.54) is 5.56 Å². The van der Waals surface area contributed by atoms with Crippen molar-refractivity contribution in [2.24, 2.45) is 0 Å². The fourth-order valence-corrected chi connectivity index (χ4v) is 2.30. The van der Waals surface area contributed by atoms with E-state index in [2.05, 4.69) is 32.0 Å². The lowest BCUT2D eigenvalue weighted by atomic mass is 10.1. The van der Waals surface area contributed by atoms with Gasteiger partial charge in [0.15, 0.2) is 0 Å². The fourth-order valence-electron chi connectivity index (χ4n) is 2.30. The lowest BCUT2D eigenvalue weighted by Gasteiger charge is -2.17. The molecule has 0 aliphatic rings. The van der Waals surface area contributed by atoms with E-state index < -0.39 is 0 Å². The van der Waals surface area contributed by atoms with Crippen molar-refractivity contribution in [1.29, 1.82) is 0 Å². The number of aromatic nitrogens is 3. The number of rotatable bonds is 4. The normalized spacial score (nSPS) is 12.7. The Kier molecular flexibility index (Phi) is 3.25. The number of nitrogens with one attached hydrogen (secondary N) is 1. The van der Waals surface area contributed by atoms with E-state index in [-0.39, 0.29) is 6.04 Å². The van der Waals surface area contributed by atoms with Crippen LogP contribution in [0.1, 0.15) is 11.6 Å². The van der Waals surface area contributed by atoms with Gasteiger partial charge >= 0.3 is 0 Å². The van der Waals surface area contributed by atoms with E-state index in [1.54, 1.807) is 6.20 Å². The molecule has 0 amide bonds. The molecule has 19 heavy (non-hydrogen) atoms. The van der Waals surface area contributed by atoms with Gasteiger partial charge in [-0.25, -0.2) is 4.98 Å². The first-order valence-electron chi connectivity index (χ1n) is 6.35. The maximum absolute atomic E-state index is 4.42. The Bertz CT molecular complexity index is 660. The van der Waals surface area contributed by atoms with Crippen LogP contribution in [0.4, 0.5) is 0 Å². The average Bonchev–Trinajstić information content (AvgIpc) is 2.89. The molecule has 0 saturated heterocycles. The van der Waals surface area contributed by atoms with Crippen LogP contribution in [0.25, 0.3) is 11.0 Å². The largest absolute Gasteiger partial charge is 0.329 e. The fraction of sp³-hybridized carbons (Fsp3) is 0.200. The van der Waals surface area contributed by atoms with Gasteiger partial charge in [0.2, 0.25) is 0 Å². The van der Waals surface area contributed by atoms with Crippen LogP contribution < -0.4 is 5.32 Å². The highest BCUT2D eigenvalue weighted by molar-refractivity contribution is 5.74. The molecule has 2 heterocycles. The number of hydrogen-bond donors (Lipinski definition) is 1. The van der Waals surface area contributed by atoms with Crippen LogP contribution in [-0.4, -0.2) is 21.6 Å². The number of likely N-dealkylation sites (N-methyl/N-ethyl adjacent to an activating group) is 1. The predicted octanol–water partition coefficient (Wildman–Crippen LogP) is 2.39. The van der Waals surface area contributed by atoms with Crippen LogP contribution in [-0.2, 0) is 6.54 Å². The number of nitrogens with zero attached hydrogens (tertiary/aromatic N) is 3.